The monoisotopic (exact) mass is 584 g/mol. The average molecular weight is 585 g/mol. The molecule has 0 bridgehead atoms. The second kappa shape index (κ2) is 10.0. The molecule has 2 saturated heterocycles. The number of alkyl halides is 6. The summed E-state index contributed by atoms with van der Waals surface area (Å²) in [5.41, 5.74) is -3.96. The number of ether oxygens (including phenoxy) is 2. The molecule has 6 rings (SSSR count). The van der Waals surface area contributed by atoms with Crippen molar-refractivity contribution in [2.24, 2.45) is 0 Å². The molecule has 0 spiro atoms. The number of aromatic nitrogens is 4. The van der Waals surface area contributed by atoms with E-state index in [0.29, 0.717) is 30.8 Å². The first-order valence-corrected chi connectivity index (χ1v) is 13.1. The molecule has 0 amide bonds. The first kappa shape index (κ1) is 27.6. The van der Waals surface area contributed by atoms with E-state index in [-0.39, 0.29) is 17.6 Å². The van der Waals surface area contributed by atoms with Gasteiger partial charge in [-0.3, -0.25) is 4.68 Å². The second-order valence-electron chi connectivity index (χ2n) is 10.5. The first-order valence-electron chi connectivity index (χ1n) is 13.1. The summed E-state index contributed by atoms with van der Waals surface area (Å²) in [7, 11) is 0. The number of β-amino-alcohol motifs (C(OH)–C–C–N with tert-alkyl or cyclic N) is 1. The van der Waals surface area contributed by atoms with Crippen LogP contribution in [-0.2, 0) is 10.9 Å². The molecular formula is C26H26F6N6O3. The van der Waals surface area contributed by atoms with E-state index in [1.54, 1.807) is 6.07 Å². The van der Waals surface area contributed by atoms with Gasteiger partial charge >= 0.3 is 12.4 Å². The van der Waals surface area contributed by atoms with Crippen LogP contribution in [0.25, 0.3) is 0 Å². The third kappa shape index (κ3) is 5.64. The molecule has 2 aliphatic heterocycles. The van der Waals surface area contributed by atoms with Crippen LogP contribution < -0.4 is 15.0 Å². The zero-order chi connectivity index (χ0) is 29.0. The molecule has 0 radical (unpaired) electrons. The topological polar surface area (TPSA) is 97.6 Å². The van der Waals surface area contributed by atoms with Crippen LogP contribution in [0.2, 0.25) is 0 Å². The van der Waals surface area contributed by atoms with E-state index in [2.05, 4.69) is 15.3 Å². The largest absolute Gasteiger partial charge is 0.454 e. The fraction of sp³-hybridized carbons (Fsp3) is 0.500. The van der Waals surface area contributed by atoms with Gasteiger partial charge in [0.25, 0.3) is 0 Å². The lowest BCUT2D eigenvalue weighted by Crippen LogP contribution is -2.69. The summed E-state index contributed by atoms with van der Waals surface area (Å²) in [6.45, 7) is -0.582. The summed E-state index contributed by atoms with van der Waals surface area (Å²) in [6.07, 6.45) is -2.93. The van der Waals surface area contributed by atoms with Crippen molar-refractivity contribution in [1.29, 1.82) is 0 Å². The Morgan fingerprint density at radius 3 is 2.41 bits per heavy atom. The standard InChI is InChI=1S/C26H26F6N6O3/c27-25(28,29)23-18(3-4-21(35-23)37-13-24(39,14-37)26(30,31)32)34-20-11-17(5-8-33-20)41-19-12-38(16-1-2-16)36-22(19)15-6-9-40-10-7-15/h3-5,8,11-12,15-16,39H,1-2,6-7,9-10,13-14H2,(H,33,34). The van der Waals surface area contributed by atoms with Crippen LogP contribution in [0.1, 0.15) is 49.0 Å². The molecular weight excluding hydrogens is 558 g/mol. The lowest BCUT2D eigenvalue weighted by Gasteiger charge is -2.47. The minimum Gasteiger partial charge on any atom is -0.454 e. The maximum absolute atomic E-state index is 13.9. The Bertz CT molecular complexity index is 1410. The summed E-state index contributed by atoms with van der Waals surface area (Å²) in [5.74, 6) is 0.763. The molecule has 1 aliphatic carbocycles. The zero-order valence-corrected chi connectivity index (χ0v) is 21.5. The van der Waals surface area contributed by atoms with E-state index in [9.17, 15) is 31.4 Å². The smallest absolute Gasteiger partial charge is 0.435 e. The predicted molar refractivity (Wildman–Crippen MR) is 133 cm³/mol. The number of hydrogen-bond donors (Lipinski definition) is 2. The minimum atomic E-state index is -4.92. The highest BCUT2D eigenvalue weighted by Crippen LogP contribution is 2.43. The number of aliphatic hydroxyl groups is 1. The SMILES string of the molecule is OC1(C(F)(F)F)CN(c2ccc(Nc3cc(Oc4cn(C5CC5)nc4C4CCOCC4)ccn3)c(C(F)(F)F)n2)C1. The van der Waals surface area contributed by atoms with Gasteiger partial charge in [0.05, 0.1) is 31.0 Å². The Hall–Kier alpha value is -3.59. The third-order valence-corrected chi connectivity index (χ3v) is 7.38. The molecule has 2 N–H and O–H groups in total. The molecule has 3 aliphatic rings. The maximum Gasteiger partial charge on any atom is 0.435 e. The van der Waals surface area contributed by atoms with Crippen molar-refractivity contribution >= 4 is 17.3 Å². The van der Waals surface area contributed by atoms with Gasteiger partial charge in [-0.1, -0.05) is 0 Å². The van der Waals surface area contributed by atoms with Crippen LogP contribution in [-0.4, -0.2) is 62.9 Å². The highest BCUT2D eigenvalue weighted by molar-refractivity contribution is 5.63. The van der Waals surface area contributed by atoms with E-state index in [4.69, 9.17) is 14.6 Å². The van der Waals surface area contributed by atoms with Gasteiger partial charge in [-0.15, -0.1) is 0 Å². The maximum atomic E-state index is 13.9. The van der Waals surface area contributed by atoms with Gasteiger partial charge in [0.2, 0.25) is 0 Å². The highest BCUT2D eigenvalue weighted by Gasteiger charge is 2.61. The summed E-state index contributed by atoms with van der Waals surface area (Å²) in [5, 5.41) is 17.0. The Labute approximate surface area is 230 Å². The molecule has 0 atom stereocenters. The van der Waals surface area contributed by atoms with Gasteiger partial charge in [-0.25, -0.2) is 9.97 Å². The normalized spacial score (nSPS) is 19.6. The van der Waals surface area contributed by atoms with Crippen molar-refractivity contribution in [3.8, 4) is 11.5 Å². The minimum absolute atomic E-state index is 0.0418. The van der Waals surface area contributed by atoms with Crippen molar-refractivity contribution in [2.75, 3.05) is 36.5 Å². The van der Waals surface area contributed by atoms with Crippen molar-refractivity contribution in [3.05, 3.63) is 48.0 Å². The van der Waals surface area contributed by atoms with Crippen LogP contribution in [0.5, 0.6) is 11.5 Å². The number of pyridine rings is 2. The fourth-order valence-corrected chi connectivity index (χ4v) is 4.92. The van der Waals surface area contributed by atoms with Crippen molar-refractivity contribution in [1.82, 2.24) is 19.7 Å². The average Bonchev–Trinajstić information content (AvgIpc) is 3.67. The number of rotatable bonds is 7. The first-order chi connectivity index (χ1) is 19.4. The lowest BCUT2D eigenvalue weighted by molar-refractivity contribution is -0.267. The van der Waals surface area contributed by atoms with Crippen LogP contribution in [0.15, 0.2) is 36.7 Å². The highest BCUT2D eigenvalue weighted by atomic mass is 19.4. The van der Waals surface area contributed by atoms with E-state index >= 15 is 0 Å². The van der Waals surface area contributed by atoms with Crippen LogP contribution in [0.3, 0.4) is 0 Å². The van der Waals surface area contributed by atoms with Crippen LogP contribution in [0, 0.1) is 0 Å². The fourth-order valence-electron chi connectivity index (χ4n) is 4.92. The Morgan fingerprint density at radius 1 is 1.02 bits per heavy atom. The molecule has 5 heterocycles. The van der Waals surface area contributed by atoms with Crippen LogP contribution >= 0.6 is 0 Å². The van der Waals surface area contributed by atoms with E-state index < -0.39 is 42.4 Å². The molecule has 0 unspecified atom stereocenters. The number of nitrogens with one attached hydrogen (secondary N) is 1. The molecule has 0 aromatic carbocycles. The lowest BCUT2D eigenvalue weighted by atomic mass is 9.93. The number of anilines is 3. The summed E-state index contributed by atoms with van der Waals surface area (Å²) >= 11 is 0. The molecule has 41 heavy (non-hydrogen) atoms. The Kier molecular flexibility index (Phi) is 6.76. The quantitative estimate of drug-likeness (QED) is 0.348. The van der Waals surface area contributed by atoms with E-state index in [1.165, 1.54) is 12.3 Å². The van der Waals surface area contributed by atoms with Gasteiger partial charge in [0, 0.05) is 31.4 Å². The number of halogens is 6. The van der Waals surface area contributed by atoms with Crippen molar-refractivity contribution in [2.45, 2.75) is 55.6 Å². The van der Waals surface area contributed by atoms with Crippen molar-refractivity contribution in [3.63, 3.8) is 0 Å². The van der Waals surface area contributed by atoms with E-state index in [0.717, 1.165) is 48.4 Å². The van der Waals surface area contributed by atoms with Gasteiger partial charge in [0.1, 0.15) is 23.1 Å². The van der Waals surface area contributed by atoms with Gasteiger partial charge < -0.3 is 24.8 Å². The van der Waals surface area contributed by atoms with Crippen molar-refractivity contribution < 1.29 is 40.9 Å². The number of nitrogens with zero attached hydrogens (tertiary/aromatic N) is 5. The van der Waals surface area contributed by atoms with Gasteiger partial charge in [-0.05, 0) is 43.9 Å². The van der Waals surface area contributed by atoms with Gasteiger partial charge in [-0.2, -0.15) is 31.4 Å². The zero-order valence-electron chi connectivity index (χ0n) is 21.5. The van der Waals surface area contributed by atoms with E-state index in [1.807, 2.05) is 10.9 Å². The third-order valence-electron chi connectivity index (χ3n) is 7.38. The Morgan fingerprint density at radius 2 is 1.76 bits per heavy atom. The number of hydrogen-bond acceptors (Lipinski definition) is 8. The summed E-state index contributed by atoms with van der Waals surface area (Å²) in [6, 6.07) is 5.56. The summed E-state index contributed by atoms with van der Waals surface area (Å²) < 4.78 is 94.1. The Balaban J connectivity index is 1.22. The molecule has 9 nitrogen and oxygen atoms in total. The van der Waals surface area contributed by atoms with Gasteiger partial charge in [0.15, 0.2) is 17.0 Å². The molecule has 220 valence electrons. The second-order valence-corrected chi connectivity index (χ2v) is 10.5. The van der Waals surface area contributed by atoms with Crippen LogP contribution in [0.4, 0.5) is 43.7 Å². The molecule has 1 saturated carbocycles. The molecule has 3 aromatic heterocycles. The molecule has 3 fully saturated rings. The molecule has 15 heteroatoms. The predicted octanol–water partition coefficient (Wildman–Crippen LogP) is 5.57. The summed E-state index contributed by atoms with van der Waals surface area (Å²) in [4.78, 5) is 8.59. The molecule has 3 aromatic rings.